The number of ether oxygens (including phenoxy) is 1. The van der Waals surface area contributed by atoms with E-state index in [0.29, 0.717) is 5.75 Å². The van der Waals surface area contributed by atoms with E-state index in [1.165, 1.54) is 12.1 Å². The molecular formula is C8H7Cl2FO3S. The lowest BCUT2D eigenvalue weighted by Crippen LogP contribution is -2.08. The van der Waals surface area contributed by atoms with Gasteiger partial charge in [0.2, 0.25) is 9.05 Å². The fraction of sp³-hybridized carbons (Fsp3) is 0.250. The Hall–Kier alpha value is -0.520. The predicted octanol–water partition coefficient (Wildman–Crippen LogP) is 2.43. The molecule has 0 N–H and O–H groups in total. The van der Waals surface area contributed by atoms with E-state index in [1.54, 1.807) is 0 Å². The summed E-state index contributed by atoms with van der Waals surface area (Å²) in [7, 11) is 1.39. The van der Waals surface area contributed by atoms with Gasteiger partial charge >= 0.3 is 0 Å². The molecule has 0 heterocycles. The second-order valence-electron chi connectivity index (χ2n) is 2.67. The topological polar surface area (TPSA) is 43.4 Å². The lowest BCUT2D eigenvalue weighted by atomic mass is 10.3. The first-order valence-electron chi connectivity index (χ1n) is 3.89. The van der Waals surface area contributed by atoms with E-state index in [2.05, 4.69) is 0 Å². The van der Waals surface area contributed by atoms with Gasteiger partial charge in [0, 0.05) is 16.7 Å². The van der Waals surface area contributed by atoms with Crippen LogP contribution < -0.4 is 4.74 Å². The third kappa shape index (κ3) is 4.68. The smallest absolute Gasteiger partial charge is 0.235 e. The second kappa shape index (κ2) is 5.01. The van der Waals surface area contributed by atoms with Gasteiger partial charge in [-0.1, -0.05) is 11.6 Å². The van der Waals surface area contributed by atoms with E-state index < -0.39 is 14.9 Å². The highest BCUT2D eigenvalue weighted by atomic mass is 35.7. The molecule has 1 aromatic rings. The lowest BCUT2D eigenvalue weighted by molar-refractivity contribution is 0.341. The highest BCUT2D eigenvalue weighted by Crippen LogP contribution is 2.21. The van der Waals surface area contributed by atoms with Crippen molar-refractivity contribution in [1.29, 1.82) is 0 Å². The van der Waals surface area contributed by atoms with Gasteiger partial charge in [0.25, 0.3) is 0 Å². The molecule has 0 aliphatic rings. The van der Waals surface area contributed by atoms with E-state index in [1.807, 2.05) is 0 Å². The van der Waals surface area contributed by atoms with Crippen molar-refractivity contribution in [2.75, 3.05) is 12.4 Å². The summed E-state index contributed by atoms with van der Waals surface area (Å²) in [6.07, 6.45) is 0. The maximum Gasteiger partial charge on any atom is 0.235 e. The average molecular weight is 273 g/mol. The van der Waals surface area contributed by atoms with Crippen LogP contribution in [0.5, 0.6) is 5.75 Å². The van der Waals surface area contributed by atoms with Crippen LogP contribution in [0.2, 0.25) is 5.02 Å². The number of halogens is 3. The maximum absolute atomic E-state index is 12.7. The summed E-state index contributed by atoms with van der Waals surface area (Å²) in [6.45, 7) is -0.103. The number of benzene rings is 1. The van der Waals surface area contributed by atoms with E-state index in [-0.39, 0.29) is 17.4 Å². The van der Waals surface area contributed by atoms with Crippen LogP contribution in [-0.2, 0) is 9.05 Å². The van der Waals surface area contributed by atoms with Crippen molar-refractivity contribution in [1.82, 2.24) is 0 Å². The van der Waals surface area contributed by atoms with E-state index in [0.717, 1.165) is 6.07 Å². The number of hydrogen-bond donors (Lipinski definition) is 0. The van der Waals surface area contributed by atoms with Crippen LogP contribution in [0.4, 0.5) is 4.39 Å². The molecule has 7 heteroatoms. The van der Waals surface area contributed by atoms with E-state index in [9.17, 15) is 12.8 Å². The fourth-order valence-electron chi connectivity index (χ4n) is 0.826. The molecule has 0 aliphatic carbocycles. The summed E-state index contributed by atoms with van der Waals surface area (Å²) in [6, 6.07) is 3.74. The average Bonchev–Trinajstić information content (AvgIpc) is 2.09. The van der Waals surface area contributed by atoms with Gasteiger partial charge in [-0.3, -0.25) is 0 Å². The second-order valence-corrected chi connectivity index (χ2v) is 5.97. The monoisotopic (exact) mass is 272 g/mol. The number of rotatable bonds is 4. The molecule has 15 heavy (non-hydrogen) atoms. The molecular weight excluding hydrogens is 266 g/mol. The van der Waals surface area contributed by atoms with Crippen LogP contribution in [0.15, 0.2) is 18.2 Å². The highest BCUT2D eigenvalue weighted by Gasteiger charge is 2.06. The standard InChI is InChI=1S/C8H7Cl2FO3S/c9-7-5-6(1-2-8(7)11)14-3-4-15(10,12)13/h1-2,5H,3-4H2. The van der Waals surface area contributed by atoms with Gasteiger partial charge in [-0.25, -0.2) is 12.8 Å². The Labute approximate surface area is 96.2 Å². The Morgan fingerprint density at radius 3 is 2.60 bits per heavy atom. The number of hydrogen-bond acceptors (Lipinski definition) is 3. The van der Waals surface area contributed by atoms with Crippen molar-refractivity contribution < 1.29 is 17.5 Å². The predicted molar refractivity (Wildman–Crippen MR) is 56.5 cm³/mol. The van der Waals surface area contributed by atoms with E-state index >= 15 is 0 Å². The molecule has 0 aliphatic heterocycles. The van der Waals surface area contributed by atoms with Crippen molar-refractivity contribution in [2.45, 2.75) is 0 Å². The van der Waals surface area contributed by atoms with Gasteiger partial charge in [0.15, 0.2) is 0 Å². The molecule has 0 fully saturated rings. The van der Waals surface area contributed by atoms with Crippen LogP contribution in [-0.4, -0.2) is 20.8 Å². The van der Waals surface area contributed by atoms with Gasteiger partial charge in [-0.2, -0.15) is 0 Å². The molecule has 0 spiro atoms. The molecule has 3 nitrogen and oxygen atoms in total. The van der Waals surface area contributed by atoms with Crippen LogP contribution in [0, 0.1) is 5.82 Å². The molecule has 0 atom stereocenters. The zero-order valence-corrected chi connectivity index (χ0v) is 9.74. The third-order valence-corrected chi connectivity index (χ3v) is 2.89. The maximum atomic E-state index is 12.7. The molecule has 0 aromatic heterocycles. The molecule has 0 amide bonds. The summed E-state index contributed by atoms with van der Waals surface area (Å²) in [4.78, 5) is 0. The van der Waals surface area contributed by atoms with Crippen molar-refractivity contribution in [2.24, 2.45) is 0 Å². The molecule has 0 saturated heterocycles. The van der Waals surface area contributed by atoms with Crippen LogP contribution in [0.3, 0.4) is 0 Å². The summed E-state index contributed by atoms with van der Waals surface area (Å²) in [5.41, 5.74) is 0. The molecule has 1 aromatic carbocycles. The van der Waals surface area contributed by atoms with Crippen molar-refractivity contribution in [3.8, 4) is 5.75 Å². The molecule has 0 bridgehead atoms. The minimum absolute atomic E-state index is 0.0822. The minimum atomic E-state index is -3.57. The molecule has 0 saturated carbocycles. The van der Waals surface area contributed by atoms with Gasteiger partial charge in [0.1, 0.15) is 18.2 Å². The first-order chi connectivity index (χ1) is 6.88. The summed E-state index contributed by atoms with van der Waals surface area (Å²) >= 11 is 5.48. The van der Waals surface area contributed by atoms with Gasteiger partial charge in [-0.05, 0) is 12.1 Å². The summed E-state index contributed by atoms with van der Waals surface area (Å²) < 4.78 is 38.8. The Balaban J connectivity index is 2.55. The van der Waals surface area contributed by atoms with Gasteiger partial charge < -0.3 is 4.74 Å². The summed E-state index contributed by atoms with van der Waals surface area (Å²) in [5, 5.41) is -0.0822. The minimum Gasteiger partial charge on any atom is -0.492 e. The van der Waals surface area contributed by atoms with Crippen molar-refractivity contribution >= 4 is 31.3 Å². The zero-order valence-electron chi connectivity index (χ0n) is 7.41. The molecule has 0 unspecified atom stereocenters. The summed E-state index contributed by atoms with van der Waals surface area (Å²) in [5.74, 6) is -0.584. The highest BCUT2D eigenvalue weighted by molar-refractivity contribution is 8.13. The Bertz CT molecular complexity index is 447. The van der Waals surface area contributed by atoms with Crippen LogP contribution >= 0.6 is 22.3 Å². The largest absolute Gasteiger partial charge is 0.492 e. The SMILES string of the molecule is O=S(=O)(Cl)CCOc1ccc(F)c(Cl)c1. The van der Waals surface area contributed by atoms with Crippen LogP contribution in [0.1, 0.15) is 0 Å². The van der Waals surface area contributed by atoms with Crippen LogP contribution in [0.25, 0.3) is 0 Å². The van der Waals surface area contributed by atoms with E-state index in [4.69, 9.17) is 27.0 Å². The zero-order chi connectivity index (χ0) is 11.5. The molecule has 0 radical (unpaired) electrons. The Morgan fingerprint density at radius 1 is 1.40 bits per heavy atom. The molecule has 1 rings (SSSR count). The Morgan fingerprint density at radius 2 is 2.07 bits per heavy atom. The quantitative estimate of drug-likeness (QED) is 0.791. The van der Waals surface area contributed by atoms with Gasteiger partial charge in [0.05, 0.1) is 10.8 Å². The lowest BCUT2D eigenvalue weighted by Gasteiger charge is -2.04. The first-order valence-corrected chi connectivity index (χ1v) is 6.74. The third-order valence-electron chi connectivity index (χ3n) is 1.49. The normalized spacial score (nSPS) is 11.4. The fourth-order valence-corrected chi connectivity index (χ4v) is 1.47. The van der Waals surface area contributed by atoms with Gasteiger partial charge in [-0.15, -0.1) is 0 Å². The van der Waals surface area contributed by atoms with Crippen molar-refractivity contribution in [3.63, 3.8) is 0 Å². The Kier molecular flexibility index (Phi) is 4.19. The van der Waals surface area contributed by atoms with Crippen molar-refractivity contribution in [3.05, 3.63) is 29.0 Å². The molecule has 84 valence electrons. The first kappa shape index (κ1) is 12.5.